The number of carbonyl (C=O) groups excluding carboxylic acids is 2. The summed E-state index contributed by atoms with van der Waals surface area (Å²) in [4.78, 5) is 24.4. The molecule has 0 aromatic heterocycles. The average Bonchev–Trinajstić information content (AvgIpc) is 2.41. The van der Waals surface area contributed by atoms with E-state index in [1.807, 2.05) is 0 Å². The maximum atomic E-state index is 13.4. The van der Waals surface area contributed by atoms with Gasteiger partial charge in [-0.25, -0.2) is 8.78 Å². The van der Waals surface area contributed by atoms with Gasteiger partial charge in [0.1, 0.15) is 17.3 Å². The van der Waals surface area contributed by atoms with Crippen LogP contribution in [0.1, 0.15) is 13.3 Å². The number of anilines is 1. The van der Waals surface area contributed by atoms with Gasteiger partial charge in [-0.1, -0.05) is 6.07 Å². The number of likely N-dealkylation sites (N-methyl/N-ethyl adjacent to an activating group) is 1. The molecule has 0 bridgehead atoms. The van der Waals surface area contributed by atoms with Crippen LogP contribution in [0.5, 0.6) is 0 Å². The molecular weight excluding hydrogens is 282 g/mol. The first kappa shape index (κ1) is 17.0. The van der Waals surface area contributed by atoms with Crippen LogP contribution in [0.2, 0.25) is 0 Å². The van der Waals surface area contributed by atoms with E-state index < -0.39 is 23.2 Å². The molecule has 5 nitrogen and oxygen atoms in total. The first-order valence-electron chi connectivity index (χ1n) is 6.52. The van der Waals surface area contributed by atoms with Crippen molar-refractivity contribution in [1.82, 2.24) is 4.90 Å². The van der Waals surface area contributed by atoms with Gasteiger partial charge < -0.3 is 10.1 Å². The quantitative estimate of drug-likeness (QED) is 0.780. The number of hydrogen-bond donors (Lipinski definition) is 1. The van der Waals surface area contributed by atoms with Crippen molar-refractivity contribution in [3.05, 3.63) is 29.8 Å². The van der Waals surface area contributed by atoms with Crippen molar-refractivity contribution >= 4 is 17.6 Å². The van der Waals surface area contributed by atoms with E-state index in [-0.39, 0.29) is 18.9 Å². The maximum absolute atomic E-state index is 13.4. The number of carbonyl (C=O) groups is 2. The topological polar surface area (TPSA) is 58.6 Å². The molecule has 0 atom stereocenters. The highest BCUT2D eigenvalue weighted by molar-refractivity contribution is 5.92. The molecule has 0 saturated heterocycles. The van der Waals surface area contributed by atoms with Crippen LogP contribution in [0.25, 0.3) is 0 Å². The van der Waals surface area contributed by atoms with Crippen LogP contribution in [0, 0.1) is 11.6 Å². The van der Waals surface area contributed by atoms with Gasteiger partial charge in [-0.05, 0) is 26.1 Å². The molecule has 0 aliphatic carbocycles. The zero-order valence-corrected chi connectivity index (χ0v) is 12.0. The molecule has 0 saturated carbocycles. The standard InChI is InChI=1S/C14H18F2N2O3/c1-3-21-13(20)7-8-18(2)9-12(19)17-14-10(15)5-4-6-11(14)16/h4-6H,3,7-9H2,1-2H3,(H,17,19). The first-order valence-corrected chi connectivity index (χ1v) is 6.52. The Bertz CT molecular complexity index is 489. The molecule has 0 aliphatic heterocycles. The van der Waals surface area contributed by atoms with Gasteiger partial charge in [0.05, 0.1) is 19.6 Å². The lowest BCUT2D eigenvalue weighted by atomic mass is 10.3. The summed E-state index contributed by atoms with van der Waals surface area (Å²) in [6, 6.07) is 3.33. The van der Waals surface area contributed by atoms with E-state index in [9.17, 15) is 18.4 Å². The Labute approximate surface area is 121 Å². The number of esters is 1. The van der Waals surface area contributed by atoms with Crippen molar-refractivity contribution in [2.45, 2.75) is 13.3 Å². The molecule has 21 heavy (non-hydrogen) atoms. The molecule has 0 radical (unpaired) electrons. The summed E-state index contributed by atoms with van der Waals surface area (Å²) < 4.78 is 31.5. The fourth-order valence-electron chi connectivity index (χ4n) is 1.64. The Morgan fingerprint density at radius 3 is 2.48 bits per heavy atom. The zero-order chi connectivity index (χ0) is 15.8. The Kier molecular flexibility index (Phi) is 6.74. The lowest BCUT2D eigenvalue weighted by Gasteiger charge is -2.16. The molecule has 0 unspecified atom stereocenters. The molecule has 116 valence electrons. The maximum Gasteiger partial charge on any atom is 0.307 e. The van der Waals surface area contributed by atoms with Crippen molar-refractivity contribution in [1.29, 1.82) is 0 Å². The number of nitrogens with one attached hydrogen (secondary N) is 1. The Morgan fingerprint density at radius 2 is 1.90 bits per heavy atom. The third kappa shape index (κ3) is 5.86. The summed E-state index contributed by atoms with van der Waals surface area (Å²) in [5.74, 6) is -2.59. The molecule has 7 heteroatoms. The molecule has 0 aliphatic rings. The molecule has 0 fully saturated rings. The van der Waals surface area contributed by atoms with E-state index >= 15 is 0 Å². The lowest BCUT2D eigenvalue weighted by Crippen LogP contribution is -2.32. The summed E-state index contributed by atoms with van der Waals surface area (Å²) in [5, 5.41) is 2.18. The van der Waals surface area contributed by atoms with E-state index in [4.69, 9.17) is 4.74 Å². The second-order valence-electron chi connectivity index (χ2n) is 4.44. The summed E-state index contributed by atoms with van der Waals surface area (Å²) in [7, 11) is 1.62. The highest BCUT2D eigenvalue weighted by Gasteiger charge is 2.14. The minimum Gasteiger partial charge on any atom is -0.466 e. The van der Waals surface area contributed by atoms with E-state index in [1.54, 1.807) is 18.9 Å². The van der Waals surface area contributed by atoms with Crippen LogP contribution in [-0.4, -0.2) is 43.5 Å². The van der Waals surface area contributed by atoms with Crippen molar-refractivity contribution in [3.63, 3.8) is 0 Å². The summed E-state index contributed by atoms with van der Waals surface area (Å²) in [6.07, 6.45) is 0.145. The van der Waals surface area contributed by atoms with Gasteiger partial charge in [0, 0.05) is 6.54 Å². The number of nitrogens with zero attached hydrogens (tertiary/aromatic N) is 1. The van der Waals surface area contributed by atoms with Crippen molar-refractivity contribution < 1.29 is 23.1 Å². The van der Waals surface area contributed by atoms with Crippen molar-refractivity contribution in [2.24, 2.45) is 0 Å². The Hall–Kier alpha value is -2.02. The van der Waals surface area contributed by atoms with Crippen LogP contribution in [0.3, 0.4) is 0 Å². The van der Waals surface area contributed by atoms with Crippen LogP contribution >= 0.6 is 0 Å². The molecule has 0 spiro atoms. The number of amides is 1. The smallest absolute Gasteiger partial charge is 0.307 e. The summed E-state index contributed by atoms with van der Waals surface area (Å²) in [6.45, 7) is 2.23. The minimum atomic E-state index is -0.836. The van der Waals surface area contributed by atoms with Crippen LogP contribution < -0.4 is 5.32 Å². The molecule has 1 N–H and O–H groups in total. The average molecular weight is 300 g/mol. The van der Waals surface area contributed by atoms with E-state index in [2.05, 4.69) is 5.32 Å². The fourth-order valence-corrected chi connectivity index (χ4v) is 1.64. The second-order valence-corrected chi connectivity index (χ2v) is 4.44. The van der Waals surface area contributed by atoms with Gasteiger partial charge in [-0.2, -0.15) is 0 Å². The Morgan fingerprint density at radius 1 is 1.29 bits per heavy atom. The normalized spacial score (nSPS) is 10.5. The van der Waals surface area contributed by atoms with E-state index in [0.29, 0.717) is 13.2 Å². The minimum absolute atomic E-state index is 0.0901. The largest absolute Gasteiger partial charge is 0.466 e. The van der Waals surface area contributed by atoms with Crippen LogP contribution in [0.4, 0.5) is 14.5 Å². The fraction of sp³-hybridized carbons (Fsp3) is 0.429. The molecule has 1 amide bonds. The number of hydrogen-bond acceptors (Lipinski definition) is 4. The molecule has 1 aromatic carbocycles. The molecular formula is C14H18F2N2O3. The predicted octanol–water partition coefficient (Wildman–Crippen LogP) is 1.79. The Balaban J connectivity index is 2.45. The number of ether oxygens (including phenoxy) is 1. The number of halogens is 2. The van der Waals surface area contributed by atoms with Crippen molar-refractivity contribution in [3.8, 4) is 0 Å². The second kappa shape index (κ2) is 8.31. The third-order valence-corrected chi connectivity index (χ3v) is 2.64. The molecule has 1 rings (SSSR count). The monoisotopic (exact) mass is 300 g/mol. The number of benzene rings is 1. The van der Waals surface area contributed by atoms with Crippen molar-refractivity contribution in [2.75, 3.05) is 32.1 Å². The molecule has 1 aromatic rings. The summed E-state index contributed by atoms with van der Waals surface area (Å²) in [5.41, 5.74) is -0.471. The third-order valence-electron chi connectivity index (χ3n) is 2.64. The zero-order valence-electron chi connectivity index (χ0n) is 12.0. The number of para-hydroxylation sites is 1. The van der Waals surface area contributed by atoms with E-state index in [1.165, 1.54) is 6.07 Å². The van der Waals surface area contributed by atoms with Crippen LogP contribution in [-0.2, 0) is 14.3 Å². The van der Waals surface area contributed by atoms with Gasteiger partial charge >= 0.3 is 5.97 Å². The van der Waals surface area contributed by atoms with Gasteiger partial charge in [0.25, 0.3) is 0 Å². The SMILES string of the molecule is CCOC(=O)CCN(C)CC(=O)Nc1c(F)cccc1F. The van der Waals surface area contributed by atoms with Gasteiger partial charge in [0.2, 0.25) is 5.91 Å². The number of rotatable bonds is 7. The highest BCUT2D eigenvalue weighted by atomic mass is 19.1. The summed E-state index contributed by atoms with van der Waals surface area (Å²) >= 11 is 0. The lowest BCUT2D eigenvalue weighted by molar-refractivity contribution is -0.143. The van der Waals surface area contributed by atoms with Gasteiger partial charge in [-0.3, -0.25) is 14.5 Å². The molecule has 0 heterocycles. The van der Waals surface area contributed by atoms with E-state index in [0.717, 1.165) is 12.1 Å². The van der Waals surface area contributed by atoms with Crippen LogP contribution in [0.15, 0.2) is 18.2 Å². The van der Waals surface area contributed by atoms with Gasteiger partial charge in [-0.15, -0.1) is 0 Å². The van der Waals surface area contributed by atoms with Gasteiger partial charge in [0.15, 0.2) is 0 Å². The predicted molar refractivity (Wildman–Crippen MR) is 73.7 cm³/mol. The highest BCUT2D eigenvalue weighted by Crippen LogP contribution is 2.17. The first-order chi connectivity index (χ1) is 9.93.